The number of rotatable bonds is 8. The SMILES string of the molecule is CC(C)N(CCCO)c1c(F)cccc1CNC1CC1. The van der Waals surface area contributed by atoms with Gasteiger partial charge in [0, 0.05) is 31.8 Å². The van der Waals surface area contributed by atoms with Crippen molar-refractivity contribution < 1.29 is 9.50 Å². The molecule has 20 heavy (non-hydrogen) atoms. The summed E-state index contributed by atoms with van der Waals surface area (Å²) in [6.07, 6.45) is 3.11. The minimum Gasteiger partial charge on any atom is -0.396 e. The summed E-state index contributed by atoms with van der Waals surface area (Å²) >= 11 is 0. The third-order valence-electron chi connectivity index (χ3n) is 3.70. The van der Waals surface area contributed by atoms with E-state index in [2.05, 4.69) is 24.1 Å². The molecule has 1 aromatic carbocycles. The molecule has 112 valence electrons. The van der Waals surface area contributed by atoms with Gasteiger partial charge in [0.1, 0.15) is 5.82 Å². The molecule has 0 atom stereocenters. The normalized spacial score (nSPS) is 14.8. The largest absolute Gasteiger partial charge is 0.396 e. The first-order chi connectivity index (χ1) is 9.63. The lowest BCUT2D eigenvalue weighted by Gasteiger charge is -2.31. The number of aliphatic hydroxyl groups excluding tert-OH is 1. The number of anilines is 1. The van der Waals surface area contributed by atoms with Gasteiger partial charge < -0.3 is 15.3 Å². The van der Waals surface area contributed by atoms with Crippen LogP contribution in [0, 0.1) is 5.82 Å². The zero-order chi connectivity index (χ0) is 14.5. The van der Waals surface area contributed by atoms with Gasteiger partial charge in [-0.15, -0.1) is 0 Å². The van der Waals surface area contributed by atoms with Gasteiger partial charge in [0.2, 0.25) is 0 Å². The summed E-state index contributed by atoms with van der Waals surface area (Å²) in [5, 5.41) is 12.5. The Balaban J connectivity index is 2.20. The number of aliphatic hydroxyl groups is 1. The van der Waals surface area contributed by atoms with Crippen LogP contribution in [0.25, 0.3) is 0 Å². The van der Waals surface area contributed by atoms with E-state index >= 15 is 0 Å². The third-order valence-corrected chi connectivity index (χ3v) is 3.70. The molecule has 1 fully saturated rings. The average molecular weight is 280 g/mol. The molecule has 1 aromatic rings. The van der Waals surface area contributed by atoms with Gasteiger partial charge in [0.05, 0.1) is 5.69 Å². The van der Waals surface area contributed by atoms with Crippen LogP contribution in [0.3, 0.4) is 0 Å². The molecule has 2 N–H and O–H groups in total. The third kappa shape index (κ3) is 3.93. The molecule has 0 spiro atoms. The minimum atomic E-state index is -0.174. The van der Waals surface area contributed by atoms with Crippen molar-refractivity contribution in [3.8, 4) is 0 Å². The summed E-state index contributed by atoms with van der Waals surface area (Å²) in [5.41, 5.74) is 1.69. The summed E-state index contributed by atoms with van der Waals surface area (Å²) in [6.45, 7) is 5.63. The molecule has 1 saturated carbocycles. The quantitative estimate of drug-likeness (QED) is 0.768. The topological polar surface area (TPSA) is 35.5 Å². The van der Waals surface area contributed by atoms with Crippen LogP contribution in [0.2, 0.25) is 0 Å². The van der Waals surface area contributed by atoms with Crippen LogP contribution in [-0.2, 0) is 6.54 Å². The van der Waals surface area contributed by atoms with Crippen LogP contribution in [0.4, 0.5) is 10.1 Å². The molecule has 0 amide bonds. The molecule has 0 bridgehead atoms. The second kappa shape index (κ2) is 7.04. The van der Waals surface area contributed by atoms with Crippen molar-refractivity contribution in [1.29, 1.82) is 0 Å². The molecule has 1 aliphatic rings. The highest BCUT2D eigenvalue weighted by Gasteiger charge is 2.23. The molecule has 0 radical (unpaired) electrons. The van der Waals surface area contributed by atoms with Gasteiger partial charge in [-0.1, -0.05) is 12.1 Å². The average Bonchev–Trinajstić information content (AvgIpc) is 3.22. The molecule has 3 nitrogen and oxygen atoms in total. The monoisotopic (exact) mass is 280 g/mol. The minimum absolute atomic E-state index is 0.132. The van der Waals surface area contributed by atoms with Gasteiger partial charge in [0.25, 0.3) is 0 Å². The Hall–Kier alpha value is -1.13. The highest BCUT2D eigenvalue weighted by atomic mass is 19.1. The fourth-order valence-electron chi connectivity index (χ4n) is 2.44. The molecule has 1 aliphatic carbocycles. The second-order valence-electron chi connectivity index (χ2n) is 5.77. The highest BCUT2D eigenvalue weighted by Crippen LogP contribution is 2.28. The highest BCUT2D eigenvalue weighted by molar-refractivity contribution is 5.55. The Bertz CT molecular complexity index is 432. The number of nitrogens with one attached hydrogen (secondary N) is 1. The van der Waals surface area contributed by atoms with Crippen LogP contribution in [0.1, 0.15) is 38.7 Å². The fraction of sp³-hybridized carbons (Fsp3) is 0.625. The Kier molecular flexibility index (Phi) is 5.38. The molecular weight excluding hydrogens is 255 g/mol. The summed E-state index contributed by atoms with van der Waals surface area (Å²) in [5.74, 6) is -0.174. The van der Waals surface area contributed by atoms with Gasteiger partial charge in [-0.05, 0) is 44.7 Å². The fourth-order valence-corrected chi connectivity index (χ4v) is 2.44. The van der Waals surface area contributed by atoms with Gasteiger partial charge in [-0.2, -0.15) is 0 Å². The molecule has 2 rings (SSSR count). The summed E-state index contributed by atoms with van der Waals surface area (Å²) in [7, 11) is 0. The van der Waals surface area contributed by atoms with Crippen LogP contribution in [0.5, 0.6) is 0 Å². The number of para-hydroxylation sites is 1. The van der Waals surface area contributed by atoms with Gasteiger partial charge in [-0.25, -0.2) is 4.39 Å². The Morgan fingerprint density at radius 2 is 2.15 bits per heavy atom. The molecular formula is C16H25FN2O. The van der Waals surface area contributed by atoms with Crippen LogP contribution in [0.15, 0.2) is 18.2 Å². The van der Waals surface area contributed by atoms with Crippen molar-refractivity contribution in [3.05, 3.63) is 29.6 Å². The molecule has 0 aliphatic heterocycles. The molecule has 0 saturated heterocycles. The first kappa shape index (κ1) is 15.3. The van der Waals surface area contributed by atoms with Crippen LogP contribution < -0.4 is 10.2 Å². The number of hydrogen-bond donors (Lipinski definition) is 2. The Morgan fingerprint density at radius 3 is 2.75 bits per heavy atom. The lowest BCUT2D eigenvalue weighted by molar-refractivity contribution is 0.288. The van der Waals surface area contributed by atoms with Crippen molar-refractivity contribution in [2.45, 2.75) is 51.7 Å². The van der Waals surface area contributed by atoms with E-state index < -0.39 is 0 Å². The Morgan fingerprint density at radius 1 is 1.40 bits per heavy atom. The van der Waals surface area contributed by atoms with E-state index in [1.54, 1.807) is 6.07 Å². The zero-order valence-electron chi connectivity index (χ0n) is 12.4. The van der Waals surface area contributed by atoms with E-state index in [1.165, 1.54) is 18.9 Å². The van der Waals surface area contributed by atoms with Crippen LogP contribution >= 0.6 is 0 Å². The van der Waals surface area contributed by atoms with E-state index in [9.17, 15) is 4.39 Å². The molecule has 4 heteroatoms. The number of nitrogens with zero attached hydrogens (tertiary/aromatic N) is 1. The maximum Gasteiger partial charge on any atom is 0.146 e. The van der Waals surface area contributed by atoms with E-state index in [0.717, 1.165) is 5.56 Å². The maximum absolute atomic E-state index is 14.3. The number of halogens is 1. The first-order valence-corrected chi connectivity index (χ1v) is 7.51. The summed E-state index contributed by atoms with van der Waals surface area (Å²) < 4.78 is 14.3. The molecule has 0 heterocycles. The lowest BCUT2D eigenvalue weighted by atomic mass is 10.1. The smallest absolute Gasteiger partial charge is 0.146 e. The van der Waals surface area contributed by atoms with Crippen molar-refractivity contribution in [1.82, 2.24) is 5.32 Å². The van der Waals surface area contributed by atoms with Crippen molar-refractivity contribution in [2.75, 3.05) is 18.1 Å². The van der Waals surface area contributed by atoms with E-state index in [4.69, 9.17) is 5.11 Å². The van der Waals surface area contributed by atoms with E-state index in [1.807, 2.05) is 6.07 Å². The summed E-state index contributed by atoms with van der Waals surface area (Å²) in [4.78, 5) is 2.05. The van der Waals surface area contributed by atoms with Gasteiger partial charge >= 0.3 is 0 Å². The van der Waals surface area contributed by atoms with Crippen molar-refractivity contribution in [2.24, 2.45) is 0 Å². The maximum atomic E-state index is 14.3. The Labute approximate surface area is 120 Å². The van der Waals surface area contributed by atoms with Crippen molar-refractivity contribution >= 4 is 5.69 Å². The summed E-state index contributed by atoms with van der Waals surface area (Å²) in [6, 6.07) is 6.09. The second-order valence-corrected chi connectivity index (χ2v) is 5.77. The molecule has 0 aromatic heterocycles. The van der Waals surface area contributed by atoms with Gasteiger partial charge in [0.15, 0.2) is 0 Å². The molecule has 0 unspecified atom stereocenters. The van der Waals surface area contributed by atoms with Gasteiger partial charge in [-0.3, -0.25) is 0 Å². The lowest BCUT2D eigenvalue weighted by Crippen LogP contribution is -2.34. The van der Waals surface area contributed by atoms with E-state index in [0.29, 0.717) is 31.2 Å². The standard InChI is InChI=1S/C16H25FN2O/c1-12(2)19(9-4-10-20)16-13(5-3-6-15(16)17)11-18-14-7-8-14/h3,5-6,12,14,18,20H,4,7-11H2,1-2H3. The first-order valence-electron chi connectivity index (χ1n) is 7.51. The predicted octanol–water partition coefficient (Wildman–Crippen LogP) is 2.67. The number of benzene rings is 1. The van der Waals surface area contributed by atoms with Crippen molar-refractivity contribution in [3.63, 3.8) is 0 Å². The number of hydrogen-bond acceptors (Lipinski definition) is 3. The van der Waals surface area contributed by atoms with Crippen LogP contribution in [-0.4, -0.2) is 30.3 Å². The predicted molar refractivity (Wildman–Crippen MR) is 80.4 cm³/mol. The van der Waals surface area contributed by atoms with E-state index in [-0.39, 0.29) is 18.5 Å². The zero-order valence-corrected chi connectivity index (χ0v) is 12.4.